The number of hydrogen-bond donors (Lipinski definition) is 6. The number of H-pyrrole nitrogens is 1. The van der Waals surface area contributed by atoms with E-state index in [9.17, 15) is 54.0 Å². The molecule has 27 heteroatoms. The van der Waals surface area contributed by atoms with E-state index in [-0.39, 0.29) is 25.8 Å². The second kappa shape index (κ2) is 32.0. The summed E-state index contributed by atoms with van der Waals surface area (Å²) in [5.41, 5.74) is 4.00. The lowest BCUT2D eigenvalue weighted by molar-refractivity contribution is -0.297. The number of hydrogen-bond acceptors (Lipinski definition) is 24. The summed E-state index contributed by atoms with van der Waals surface area (Å²) in [6.07, 6.45) is -12.0. The first-order chi connectivity index (χ1) is 38.5. The minimum Gasteiger partial charge on any atom is -0.467 e. The van der Waals surface area contributed by atoms with Crippen molar-refractivity contribution in [2.75, 3.05) is 55.6 Å². The standard InChI is InChI=1S/C54H89N5O22/c1-28(2)19-17-15-13-11-12-14-16-18-20-31(76-35(61)23-29(3)24-36(62)79-53-48(73-9)47(72-8)44(71-7)30(4)75-53)25-37(63)77-33-27-57(5)39(49(68)58(6)38(33)51(69)74-10)45(81-52-43(67)40(64)32(26-55)78-52)46-41(65)42(66)50(80-46)59-22-21-34(60)56-54(59)70/h21-22,28-33,38-48,50,52-53,64-67H,11-20,23-27,55H2,1-10H3,(H,56,60,70)/t29?,30?,31?,32-,33+,38?,39?,40-,41+,42-,43-,44?,45-,46?,47?,48?,50?,52?,53?/m1/s1. The summed E-state index contributed by atoms with van der Waals surface area (Å²) >= 11 is 0. The zero-order chi connectivity index (χ0) is 59.8. The summed E-state index contributed by atoms with van der Waals surface area (Å²) in [6, 6.07) is -2.30. The molecule has 1 amide bonds. The summed E-state index contributed by atoms with van der Waals surface area (Å²) in [6.45, 7) is 7.14. The number of rotatable bonds is 30. The predicted molar refractivity (Wildman–Crippen MR) is 283 cm³/mol. The minimum absolute atomic E-state index is 0.203. The molecule has 5 rings (SSSR count). The second-order valence-electron chi connectivity index (χ2n) is 22.1. The van der Waals surface area contributed by atoms with Crippen LogP contribution in [0.4, 0.5) is 0 Å². The van der Waals surface area contributed by atoms with Crippen molar-refractivity contribution in [3.63, 3.8) is 0 Å². The first kappa shape index (κ1) is 67.3. The molecule has 0 bridgehead atoms. The first-order valence-corrected chi connectivity index (χ1v) is 28.1. The highest BCUT2D eigenvalue weighted by Crippen LogP contribution is 2.37. The lowest BCUT2D eigenvalue weighted by Crippen LogP contribution is -2.59. The topological polar surface area (TPSA) is 355 Å². The Morgan fingerprint density at radius 3 is 1.91 bits per heavy atom. The number of carbonyl (C=O) groups is 5. The van der Waals surface area contributed by atoms with Crippen molar-refractivity contribution in [3.8, 4) is 0 Å². The number of aromatic amines is 1. The maximum absolute atomic E-state index is 14.9. The first-order valence-electron chi connectivity index (χ1n) is 28.1. The van der Waals surface area contributed by atoms with E-state index in [0.717, 1.165) is 67.4 Å². The van der Waals surface area contributed by atoms with Gasteiger partial charge in [0.05, 0.1) is 19.6 Å². The van der Waals surface area contributed by atoms with Crippen molar-refractivity contribution < 1.29 is 96.5 Å². The van der Waals surface area contributed by atoms with Gasteiger partial charge in [0.15, 0.2) is 18.6 Å². The van der Waals surface area contributed by atoms with Gasteiger partial charge in [0, 0.05) is 66.6 Å². The molecule has 7 N–H and O–H groups in total. The molecule has 0 aromatic carbocycles. The molecule has 5 heterocycles. The number of nitrogens with two attached hydrogens (primary N) is 1. The van der Waals surface area contributed by atoms with Crippen molar-refractivity contribution in [1.29, 1.82) is 0 Å². The fraction of sp³-hybridized carbons (Fsp3) is 0.833. The number of aromatic nitrogens is 2. The third kappa shape index (κ3) is 17.8. The second-order valence-corrected chi connectivity index (χ2v) is 22.1. The molecule has 4 aliphatic rings. The molecule has 1 aromatic rings. The molecule has 4 fully saturated rings. The highest BCUT2D eigenvalue weighted by Gasteiger charge is 2.57. The zero-order valence-corrected chi connectivity index (χ0v) is 48.4. The van der Waals surface area contributed by atoms with Crippen LogP contribution < -0.4 is 17.0 Å². The molecule has 81 heavy (non-hydrogen) atoms. The Labute approximate surface area is 472 Å². The van der Waals surface area contributed by atoms with Crippen LogP contribution in [-0.4, -0.2) is 229 Å². The number of nitrogens with one attached hydrogen (secondary N) is 1. The van der Waals surface area contributed by atoms with Gasteiger partial charge in [-0.3, -0.25) is 38.4 Å². The van der Waals surface area contributed by atoms with E-state index in [4.69, 9.17) is 57.8 Å². The summed E-state index contributed by atoms with van der Waals surface area (Å²) in [5.74, 6) is -4.13. The van der Waals surface area contributed by atoms with E-state index in [2.05, 4.69) is 13.8 Å². The number of likely N-dealkylation sites (N-methyl/N-ethyl adjacent to an activating group) is 2. The fourth-order valence-electron chi connectivity index (χ4n) is 11.1. The molecule has 4 aliphatic heterocycles. The van der Waals surface area contributed by atoms with E-state index < -0.39 is 170 Å². The van der Waals surface area contributed by atoms with Gasteiger partial charge < -0.3 is 83.2 Å². The van der Waals surface area contributed by atoms with E-state index in [1.165, 1.54) is 53.2 Å². The number of amides is 1. The maximum Gasteiger partial charge on any atom is 0.332 e. The normalized spacial score (nSPS) is 32.0. The van der Waals surface area contributed by atoms with Crippen LogP contribution in [0, 0.1) is 11.8 Å². The van der Waals surface area contributed by atoms with Crippen molar-refractivity contribution in [1.82, 2.24) is 19.4 Å². The van der Waals surface area contributed by atoms with Crippen LogP contribution in [0.2, 0.25) is 0 Å². The van der Waals surface area contributed by atoms with Crippen LogP contribution in [0.15, 0.2) is 21.9 Å². The van der Waals surface area contributed by atoms with Gasteiger partial charge in [-0.15, -0.1) is 0 Å². The van der Waals surface area contributed by atoms with Gasteiger partial charge >= 0.3 is 29.6 Å². The lowest BCUT2D eigenvalue weighted by atomic mass is 9.97. The summed E-state index contributed by atoms with van der Waals surface area (Å²) in [5, 5.41) is 44.7. The van der Waals surface area contributed by atoms with Crippen molar-refractivity contribution in [3.05, 3.63) is 33.1 Å². The Morgan fingerprint density at radius 2 is 1.33 bits per heavy atom. The largest absolute Gasteiger partial charge is 0.467 e. The molecule has 27 nitrogen and oxygen atoms in total. The van der Waals surface area contributed by atoms with E-state index in [0.29, 0.717) is 12.3 Å². The molecular formula is C54H89N5O22. The average Bonchev–Trinajstić information content (AvgIpc) is 3.95. The van der Waals surface area contributed by atoms with Crippen molar-refractivity contribution in [2.45, 2.75) is 221 Å². The van der Waals surface area contributed by atoms with Gasteiger partial charge in [-0.05, 0) is 38.6 Å². The van der Waals surface area contributed by atoms with E-state index >= 15 is 0 Å². The highest BCUT2D eigenvalue weighted by atomic mass is 16.7. The maximum atomic E-state index is 14.9. The van der Waals surface area contributed by atoms with Crippen LogP contribution in [0.1, 0.15) is 117 Å². The minimum atomic E-state index is -1.94. The summed E-state index contributed by atoms with van der Waals surface area (Å²) < 4.78 is 64.3. The van der Waals surface area contributed by atoms with Gasteiger partial charge in [-0.25, -0.2) is 9.59 Å². The number of ether oxygens (including phenoxy) is 11. The fourth-order valence-corrected chi connectivity index (χ4v) is 11.1. The quantitative estimate of drug-likeness (QED) is 0.0329. The smallest absolute Gasteiger partial charge is 0.332 e. The summed E-state index contributed by atoms with van der Waals surface area (Å²) in [4.78, 5) is 98.9. The van der Waals surface area contributed by atoms with Gasteiger partial charge in [0.2, 0.25) is 12.2 Å². The Kier molecular flexibility index (Phi) is 26.6. The monoisotopic (exact) mass is 1160 g/mol. The molecular weight excluding hydrogens is 1070 g/mol. The van der Waals surface area contributed by atoms with Gasteiger partial charge in [-0.2, -0.15) is 0 Å². The van der Waals surface area contributed by atoms with Crippen LogP contribution >= 0.6 is 0 Å². The number of esters is 4. The average molecular weight is 1160 g/mol. The lowest BCUT2D eigenvalue weighted by Gasteiger charge is -2.43. The van der Waals surface area contributed by atoms with Gasteiger partial charge in [0.1, 0.15) is 79.3 Å². The predicted octanol–water partition coefficient (Wildman–Crippen LogP) is -0.220. The Morgan fingerprint density at radius 1 is 0.728 bits per heavy atom. The molecule has 19 atom stereocenters. The highest BCUT2D eigenvalue weighted by molar-refractivity contribution is 5.89. The van der Waals surface area contributed by atoms with Crippen molar-refractivity contribution >= 4 is 29.8 Å². The third-order valence-electron chi connectivity index (χ3n) is 15.5. The number of aliphatic hydroxyl groups is 4. The molecule has 1 aromatic heterocycles. The van der Waals surface area contributed by atoms with Crippen LogP contribution in [0.25, 0.3) is 0 Å². The van der Waals surface area contributed by atoms with E-state index in [1.54, 1.807) is 13.8 Å². The zero-order valence-electron chi connectivity index (χ0n) is 48.4. The van der Waals surface area contributed by atoms with Crippen LogP contribution in [0.5, 0.6) is 0 Å². The van der Waals surface area contributed by atoms with Crippen LogP contribution in [0.3, 0.4) is 0 Å². The van der Waals surface area contributed by atoms with Crippen LogP contribution in [-0.2, 0) is 76.1 Å². The van der Waals surface area contributed by atoms with Crippen molar-refractivity contribution in [2.24, 2.45) is 17.6 Å². The summed E-state index contributed by atoms with van der Waals surface area (Å²) in [7, 11) is 8.11. The Balaban J connectivity index is 1.34. The third-order valence-corrected chi connectivity index (χ3v) is 15.5. The number of nitrogens with zero attached hydrogens (tertiary/aromatic N) is 3. The number of unbranched alkanes of at least 4 members (excludes halogenated alkanes) is 7. The number of aliphatic hydroxyl groups excluding tert-OH is 4. The molecule has 0 aliphatic carbocycles. The number of methoxy groups -OCH3 is 4. The van der Waals surface area contributed by atoms with Gasteiger partial charge in [0.25, 0.3) is 5.56 Å². The van der Waals surface area contributed by atoms with Gasteiger partial charge in [-0.1, -0.05) is 72.1 Å². The molecule has 4 saturated heterocycles. The Bertz CT molecular complexity index is 2290. The molecule has 12 unspecified atom stereocenters. The molecule has 0 saturated carbocycles. The Hall–Kier alpha value is -4.49. The van der Waals surface area contributed by atoms with E-state index in [1.807, 2.05) is 4.98 Å². The molecule has 0 radical (unpaired) electrons. The number of carbonyl (C=O) groups excluding carboxylic acids is 5. The molecule has 0 spiro atoms. The SMILES string of the molecule is COC(=O)C1[C@@H](OC(=O)CC(CCCCCCCCCCC(C)C)OC(=O)CC(C)CC(=O)OC2OC(C)C(OC)C(OC)C2OC)CN(C)C([C@@H](OC2O[C@H](CN)[C@@H](O)[C@H]2O)C2OC(n3ccc(=O)[nH]c3=O)[C@H](O)[C@@H]2O)C(=O)N1C. The molecule has 462 valence electrons.